The maximum atomic E-state index is 13.6. The van der Waals surface area contributed by atoms with E-state index in [0.29, 0.717) is 11.5 Å². The van der Waals surface area contributed by atoms with Crippen LogP contribution in [-0.4, -0.2) is 20.2 Å². The van der Waals surface area contributed by atoms with Crippen molar-refractivity contribution in [2.45, 2.75) is 26.2 Å². The van der Waals surface area contributed by atoms with Crippen LogP contribution in [0.1, 0.15) is 24.0 Å². The lowest BCUT2D eigenvalue weighted by Gasteiger charge is -2.23. The predicted octanol–water partition coefficient (Wildman–Crippen LogP) is 2.68. The van der Waals surface area contributed by atoms with Crippen LogP contribution in [0, 0.1) is 18.7 Å². The second-order valence-electron chi connectivity index (χ2n) is 4.83. The van der Waals surface area contributed by atoms with Crippen molar-refractivity contribution in [3.63, 3.8) is 0 Å². The van der Waals surface area contributed by atoms with Gasteiger partial charge < -0.3 is 10.1 Å². The van der Waals surface area contributed by atoms with Crippen molar-refractivity contribution in [2.75, 3.05) is 20.2 Å². The van der Waals surface area contributed by atoms with Gasteiger partial charge in [0.1, 0.15) is 11.6 Å². The molecule has 2 rings (SSSR count). The molecule has 1 aromatic carbocycles. The van der Waals surface area contributed by atoms with Gasteiger partial charge in [-0.25, -0.2) is 4.39 Å². The number of hydrogen-bond donors (Lipinski definition) is 1. The quantitative estimate of drug-likeness (QED) is 0.872. The number of ether oxygens (including phenoxy) is 1. The second-order valence-corrected chi connectivity index (χ2v) is 4.83. The van der Waals surface area contributed by atoms with E-state index < -0.39 is 0 Å². The first kappa shape index (κ1) is 12.4. The lowest BCUT2D eigenvalue weighted by atomic mass is 9.91. The first-order chi connectivity index (χ1) is 8.20. The predicted molar refractivity (Wildman–Crippen MR) is 67.0 cm³/mol. The molecule has 0 amide bonds. The molecule has 3 heteroatoms. The van der Waals surface area contributed by atoms with Crippen LogP contribution < -0.4 is 10.1 Å². The molecular weight excluding hydrogens is 217 g/mol. The average Bonchev–Trinajstić information content (AvgIpc) is 2.35. The molecule has 0 aromatic heterocycles. The van der Waals surface area contributed by atoms with E-state index in [1.165, 1.54) is 12.8 Å². The largest absolute Gasteiger partial charge is 0.496 e. The Hall–Kier alpha value is -1.09. The van der Waals surface area contributed by atoms with E-state index in [4.69, 9.17) is 4.74 Å². The first-order valence-corrected chi connectivity index (χ1v) is 6.24. The van der Waals surface area contributed by atoms with E-state index in [-0.39, 0.29) is 5.82 Å². The number of methoxy groups -OCH3 is 1. The molecular formula is C14H20FNO. The minimum absolute atomic E-state index is 0.135. The van der Waals surface area contributed by atoms with Gasteiger partial charge in [-0.2, -0.15) is 0 Å². The summed E-state index contributed by atoms with van der Waals surface area (Å²) in [4.78, 5) is 0. The van der Waals surface area contributed by atoms with Crippen molar-refractivity contribution in [3.8, 4) is 5.75 Å². The molecule has 1 saturated heterocycles. The lowest BCUT2D eigenvalue weighted by Crippen LogP contribution is -2.30. The van der Waals surface area contributed by atoms with Gasteiger partial charge >= 0.3 is 0 Å². The Balaban J connectivity index is 2.15. The fourth-order valence-electron chi connectivity index (χ4n) is 2.45. The number of halogens is 1. The molecule has 0 spiro atoms. The van der Waals surface area contributed by atoms with Crippen molar-refractivity contribution >= 4 is 0 Å². The highest BCUT2D eigenvalue weighted by Crippen LogP contribution is 2.26. The van der Waals surface area contributed by atoms with Gasteiger partial charge in [0.15, 0.2) is 0 Å². The molecule has 0 radical (unpaired) electrons. The second kappa shape index (κ2) is 5.50. The summed E-state index contributed by atoms with van der Waals surface area (Å²) in [6.07, 6.45) is 3.32. The minimum atomic E-state index is -0.135. The Kier molecular flexibility index (Phi) is 4.00. The van der Waals surface area contributed by atoms with Gasteiger partial charge in [-0.1, -0.05) is 0 Å². The third-order valence-corrected chi connectivity index (χ3v) is 3.47. The van der Waals surface area contributed by atoms with E-state index in [1.54, 1.807) is 26.2 Å². The highest BCUT2D eigenvalue weighted by molar-refractivity contribution is 5.38. The molecule has 1 heterocycles. The number of rotatable bonds is 3. The summed E-state index contributed by atoms with van der Waals surface area (Å²) < 4.78 is 18.9. The van der Waals surface area contributed by atoms with Gasteiger partial charge in [0, 0.05) is 0 Å². The number of aryl methyl sites for hydroxylation is 1. The van der Waals surface area contributed by atoms with Gasteiger partial charge in [-0.3, -0.25) is 0 Å². The summed E-state index contributed by atoms with van der Waals surface area (Å²) in [5, 5.41) is 3.38. The number of piperidine rings is 1. The number of hydrogen-bond acceptors (Lipinski definition) is 2. The summed E-state index contributed by atoms with van der Waals surface area (Å²) in [7, 11) is 1.65. The molecule has 2 nitrogen and oxygen atoms in total. The maximum absolute atomic E-state index is 13.6. The van der Waals surface area contributed by atoms with Crippen LogP contribution in [0.2, 0.25) is 0 Å². The highest BCUT2D eigenvalue weighted by atomic mass is 19.1. The normalized spacial score (nSPS) is 20.3. The fourth-order valence-corrected chi connectivity index (χ4v) is 2.45. The third kappa shape index (κ3) is 2.97. The van der Waals surface area contributed by atoms with Gasteiger partial charge in [0.25, 0.3) is 0 Å². The van der Waals surface area contributed by atoms with Crippen molar-refractivity contribution < 1.29 is 9.13 Å². The topological polar surface area (TPSA) is 21.3 Å². The van der Waals surface area contributed by atoms with E-state index in [9.17, 15) is 4.39 Å². The maximum Gasteiger partial charge on any atom is 0.126 e. The Morgan fingerprint density at radius 2 is 2.29 bits per heavy atom. The molecule has 1 atom stereocenters. The molecule has 17 heavy (non-hydrogen) atoms. The van der Waals surface area contributed by atoms with Crippen molar-refractivity contribution in [1.29, 1.82) is 0 Å². The Morgan fingerprint density at radius 1 is 1.47 bits per heavy atom. The Bertz CT molecular complexity index is 386. The molecule has 1 N–H and O–H groups in total. The van der Waals surface area contributed by atoms with Crippen LogP contribution in [0.3, 0.4) is 0 Å². The molecule has 0 aliphatic carbocycles. The average molecular weight is 237 g/mol. The van der Waals surface area contributed by atoms with Crippen LogP contribution in [0.4, 0.5) is 4.39 Å². The first-order valence-electron chi connectivity index (χ1n) is 6.24. The molecule has 94 valence electrons. The van der Waals surface area contributed by atoms with Crippen molar-refractivity contribution in [2.24, 2.45) is 5.92 Å². The summed E-state index contributed by atoms with van der Waals surface area (Å²) in [6.45, 7) is 3.90. The highest BCUT2D eigenvalue weighted by Gasteiger charge is 2.16. The van der Waals surface area contributed by atoms with Crippen LogP contribution in [0.15, 0.2) is 12.1 Å². The lowest BCUT2D eigenvalue weighted by molar-refractivity contribution is 0.363. The van der Waals surface area contributed by atoms with Crippen LogP contribution >= 0.6 is 0 Å². The molecule has 0 saturated carbocycles. The van der Waals surface area contributed by atoms with Gasteiger partial charge in [-0.15, -0.1) is 0 Å². The summed E-state index contributed by atoms with van der Waals surface area (Å²) in [5.74, 6) is 1.28. The standard InChI is InChI=1S/C14H20FNO/c1-10-6-14(17-2)12(8-13(10)15)7-11-4-3-5-16-9-11/h6,8,11,16H,3-5,7,9H2,1-2H3. The van der Waals surface area contributed by atoms with E-state index in [1.807, 2.05) is 0 Å². The Labute approximate surface area is 102 Å². The number of nitrogens with one attached hydrogen (secondary N) is 1. The van der Waals surface area contributed by atoms with Gasteiger partial charge in [0.05, 0.1) is 7.11 Å². The molecule has 1 aliphatic rings. The zero-order valence-electron chi connectivity index (χ0n) is 10.6. The zero-order valence-corrected chi connectivity index (χ0v) is 10.6. The summed E-state index contributed by atoms with van der Waals surface area (Å²) >= 11 is 0. The number of benzene rings is 1. The monoisotopic (exact) mass is 237 g/mol. The van der Waals surface area contributed by atoms with E-state index in [0.717, 1.165) is 30.8 Å². The summed E-state index contributed by atoms with van der Waals surface area (Å²) in [6, 6.07) is 3.42. The van der Waals surface area contributed by atoms with Gasteiger partial charge in [0.2, 0.25) is 0 Å². The molecule has 0 bridgehead atoms. The SMILES string of the molecule is COc1cc(C)c(F)cc1CC1CCCNC1. The summed E-state index contributed by atoms with van der Waals surface area (Å²) in [5.41, 5.74) is 1.64. The van der Waals surface area contributed by atoms with Gasteiger partial charge in [-0.05, 0) is 68.5 Å². The fraction of sp³-hybridized carbons (Fsp3) is 0.571. The van der Waals surface area contributed by atoms with Crippen molar-refractivity contribution in [3.05, 3.63) is 29.1 Å². The van der Waals surface area contributed by atoms with Crippen LogP contribution in [-0.2, 0) is 6.42 Å². The van der Waals surface area contributed by atoms with Crippen molar-refractivity contribution in [1.82, 2.24) is 5.32 Å². The van der Waals surface area contributed by atoms with E-state index in [2.05, 4.69) is 5.32 Å². The van der Waals surface area contributed by atoms with Crippen LogP contribution in [0.5, 0.6) is 5.75 Å². The third-order valence-electron chi connectivity index (χ3n) is 3.47. The molecule has 1 unspecified atom stereocenters. The Morgan fingerprint density at radius 3 is 2.94 bits per heavy atom. The minimum Gasteiger partial charge on any atom is -0.496 e. The molecule has 1 aliphatic heterocycles. The van der Waals surface area contributed by atoms with Crippen LogP contribution in [0.25, 0.3) is 0 Å². The molecule has 1 fully saturated rings. The molecule has 1 aromatic rings. The smallest absolute Gasteiger partial charge is 0.126 e. The van der Waals surface area contributed by atoms with E-state index >= 15 is 0 Å². The zero-order chi connectivity index (χ0) is 12.3.